The Kier molecular flexibility index (Phi) is 8.86. The second kappa shape index (κ2) is 10.0. The number of esters is 1. The summed E-state index contributed by atoms with van der Waals surface area (Å²) in [6.45, 7) is 14.5. The molecule has 0 radical (unpaired) electrons. The number of hydrogen-bond acceptors (Lipinski definition) is 5. The number of aromatic nitrogens is 2. The fraction of sp³-hybridized carbons (Fsp3) is 0.353. The number of nitrogens with zero attached hydrogens (tertiary/aromatic N) is 2. The van der Waals surface area contributed by atoms with Crippen LogP contribution in [0.25, 0.3) is 5.52 Å². The first-order valence-electron chi connectivity index (χ1n) is 7.51. The van der Waals surface area contributed by atoms with Crippen LogP contribution in [0.1, 0.15) is 48.4 Å². The summed E-state index contributed by atoms with van der Waals surface area (Å²) >= 11 is 0. The Morgan fingerprint density at radius 2 is 1.88 bits per heavy atom. The van der Waals surface area contributed by atoms with Gasteiger partial charge in [-0.05, 0) is 18.9 Å². The molecule has 0 atom stereocenters. The number of hydrogen-bond donors (Lipinski definition) is 2. The highest BCUT2D eigenvalue weighted by atomic mass is 16.5. The number of amides is 1. The molecule has 2 aromatic rings. The van der Waals surface area contributed by atoms with Gasteiger partial charge in [-0.15, -0.1) is 13.2 Å². The Bertz CT molecular complexity index is 690. The molecule has 0 aliphatic heterocycles. The summed E-state index contributed by atoms with van der Waals surface area (Å²) in [7, 11) is 0. The summed E-state index contributed by atoms with van der Waals surface area (Å²) in [6, 6.07) is 1.51. The molecule has 2 rings (SSSR count). The normalized spacial score (nSPS) is 9.54. The van der Waals surface area contributed by atoms with Gasteiger partial charge in [-0.25, -0.2) is 9.31 Å². The molecule has 0 aliphatic rings. The van der Waals surface area contributed by atoms with Gasteiger partial charge in [-0.2, -0.15) is 5.10 Å². The lowest BCUT2D eigenvalue weighted by molar-refractivity contribution is 0.0526. The van der Waals surface area contributed by atoms with Crippen LogP contribution in [0.3, 0.4) is 0 Å². The molecular formula is C17H26N4O3. The van der Waals surface area contributed by atoms with E-state index in [0.29, 0.717) is 11.1 Å². The Morgan fingerprint density at radius 3 is 2.33 bits per heavy atom. The predicted molar refractivity (Wildman–Crippen MR) is 95.8 cm³/mol. The number of rotatable bonds is 3. The van der Waals surface area contributed by atoms with Gasteiger partial charge in [0, 0.05) is 6.20 Å². The fourth-order valence-electron chi connectivity index (χ4n) is 1.60. The molecule has 0 saturated carbocycles. The number of ether oxygens (including phenoxy) is 1. The third-order valence-electron chi connectivity index (χ3n) is 2.45. The zero-order valence-corrected chi connectivity index (χ0v) is 14.7. The first-order chi connectivity index (χ1) is 11.3. The van der Waals surface area contributed by atoms with E-state index >= 15 is 0 Å². The van der Waals surface area contributed by atoms with Crippen molar-refractivity contribution >= 4 is 23.1 Å². The summed E-state index contributed by atoms with van der Waals surface area (Å²) in [5, 5.41) is 3.95. The summed E-state index contributed by atoms with van der Waals surface area (Å²) in [5.41, 5.74) is 12.0. The van der Waals surface area contributed by atoms with E-state index < -0.39 is 11.9 Å². The van der Waals surface area contributed by atoms with Gasteiger partial charge < -0.3 is 16.2 Å². The van der Waals surface area contributed by atoms with Crippen LogP contribution in [0.5, 0.6) is 0 Å². The number of anilines is 1. The van der Waals surface area contributed by atoms with Gasteiger partial charge in [-0.1, -0.05) is 20.8 Å². The van der Waals surface area contributed by atoms with Crippen molar-refractivity contribution in [3.8, 4) is 0 Å². The maximum absolute atomic E-state index is 11.5. The zero-order chi connectivity index (χ0) is 18.9. The second-order valence-electron chi connectivity index (χ2n) is 5.35. The molecule has 7 nitrogen and oxygen atoms in total. The largest absolute Gasteiger partial charge is 0.462 e. The van der Waals surface area contributed by atoms with E-state index in [2.05, 4.69) is 39.0 Å². The molecule has 0 bridgehead atoms. The molecule has 2 heterocycles. The SMILES string of the molecule is C=C.CC(C)C.CCOC(=O)c1cc2c(N)c(C(N)=O)cnn2c1. The summed E-state index contributed by atoms with van der Waals surface area (Å²) < 4.78 is 6.26. The van der Waals surface area contributed by atoms with E-state index in [1.807, 2.05) is 0 Å². The van der Waals surface area contributed by atoms with Crippen LogP contribution in [0.15, 0.2) is 31.6 Å². The maximum atomic E-state index is 11.5. The van der Waals surface area contributed by atoms with E-state index in [4.69, 9.17) is 16.2 Å². The third-order valence-corrected chi connectivity index (χ3v) is 2.45. The maximum Gasteiger partial charge on any atom is 0.339 e. The molecule has 0 unspecified atom stereocenters. The van der Waals surface area contributed by atoms with Crippen molar-refractivity contribution in [3.63, 3.8) is 0 Å². The first kappa shape index (κ1) is 21.2. The van der Waals surface area contributed by atoms with Crippen molar-refractivity contribution in [2.45, 2.75) is 27.7 Å². The molecule has 24 heavy (non-hydrogen) atoms. The number of carbonyl (C=O) groups is 2. The van der Waals surface area contributed by atoms with Crippen LogP contribution in [0, 0.1) is 5.92 Å². The molecule has 1 amide bonds. The molecule has 7 heteroatoms. The number of nitrogens with two attached hydrogens (primary N) is 2. The number of primary amides is 1. The van der Waals surface area contributed by atoms with E-state index in [0.717, 1.165) is 5.92 Å². The molecule has 0 aliphatic carbocycles. The standard InChI is InChI=1S/C11H12N4O3.C4H10.C2H4/c1-2-18-11(17)6-3-8-9(12)7(10(13)16)4-14-15(8)5-6;1-4(2)3;1-2/h3-5H,2,12H2,1H3,(H2,13,16);4H,1-3H3;1-2H2. The Balaban J connectivity index is 0.000000773. The molecule has 0 spiro atoms. The Labute approximate surface area is 142 Å². The van der Waals surface area contributed by atoms with Crippen LogP contribution in [-0.2, 0) is 4.74 Å². The summed E-state index contributed by atoms with van der Waals surface area (Å²) in [6.07, 6.45) is 2.74. The quantitative estimate of drug-likeness (QED) is 0.662. The van der Waals surface area contributed by atoms with Crippen LogP contribution in [-0.4, -0.2) is 28.1 Å². The third kappa shape index (κ3) is 5.75. The summed E-state index contributed by atoms with van der Waals surface area (Å²) in [4.78, 5) is 22.7. The Morgan fingerprint density at radius 1 is 1.33 bits per heavy atom. The molecule has 132 valence electrons. The van der Waals surface area contributed by atoms with Crippen molar-refractivity contribution in [3.05, 3.63) is 42.7 Å². The van der Waals surface area contributed by atoms with Crippen molar-refractivity contribution < 1.29 is 14.3 Å². The van der Waals surface area contributed by atoms with Gasteiger partial charge in [0.15, 0.2) is 0 Å². The minimum Gasteiger partial charge on any atom is -0.462 e. The number of carbonyl (C=O) groups excluding carboxylic acids is 2. The van der Waals surface area contributed by atoms with Gasteiger partial charge in [-0.3, -0.25) is 4.79 Å². The zero-order valence-electron chi connectivity index (χ0n) is 14.7. The average Bonchev–Trinajstić information content (AvgIpc) is 2.94. The average molecular weight is 334 g/mol. The molecule has 0 fully saturated rings. The van der Waals surface area contributed by atoms with E-state index in [1.165, 1.54) is 23.0 Å². The van der Waals surface area contributed by atoms with Crippen LogP contribution in [0.2, 0.25) is 0 Å². The predicted octanol–water partition coefficient (Wildman–Crippen LogP) is 2.66. The lowest BCUT2D eigenvalue weighted by atomic mass is 10.2. The lowest BCUT2D eigenvalue weighted by Gasteiger charge is -2.02. The molecule has 2 aromatic heterocycles. The van der Waals surface area contributed by atoms with Gasteiger partial charge in [0.25, 0.3) is 5.91 Å². The van der Waals surface area contributed by atoms with Gasteiger partial charge in [0.1, 0.15) is 0 Å². The topological polar surface area (TPSA) is 113 Å². The van der Waals surface area contributed by atoms with E-state index in [9.17, 15) is 9.59 Å². The number of nitrogen functional groups attached to an aromatic ring is 1. The first-order valence-corrected chi connectivity index (χ1v) is 7.51. The summed E-state index contributed by atoms with van der Waals surface area (Å²) in [5.74, 6) is -0.301. The monoisotopic (exact) mass is 334 g/mol. The highest BCUT2D eigenvalue weighted by Crippen LogP contribution is 2.20. The smallest absolute Gasteiger partial charge is 0.339 e. The van der Waals surface area contributed by atoms with Crippen molar-refractivity contribution in [2.24, 2.45) is 11.7 Å². The van der Waals surface area contributed by atoms with Crippen molar-refractivity contribution in [1.82, 2.24) is 9.61 Å². The van der Waals surface area contributed by atoms with Crippen molar-refractivity contribution in [2.75, 3.05) is 12.3 Å². The molecule has 0 aromatic carbocycles. The number of fused-ring (bicyclic) bond motifs is 1. The highest BCUT2D eigenvalue weighted by molar-refractivity contribution is 6.02. The minimum atomic E-state index is -0.665. The van der Waals surface area contributed by atoms with Gasteiger partial charge >= 0.3 is 5.97 Å². The van der Waals surface area contributed by atoms with Crippen LogP contribution in [0.4, 0.5) is 5.69 Å². The molecular weight excluding hydrogens is 308 g/mol. The molecule has 4 N–H and O–H groups in total. The van der Waals surface area contributed by atoms with Crippen LogP contribution >= 0.6 is 0 Å². The van der Waals surface area contributed by atoms with E-state index in [1.54, 1.807) is 6.92 Å². The molecule has 0 saturated heterocycles. The van der Waals surface area contributed by atoms with Gasteiger partial charge in [0.2, 0.25) is 0 Å². The lowest BCUT2D eigenvalue weighted by Crippen LogP contribution is -2.15. The highest BCUT2D eigenvalue weighted by Gasteiger charge is 2.15. The fourth-order valence-corrected chi connectivity index (χ4v) is 1.60. The van der Waals surface area contributed by atoms with Crippen molar-refractivity contribution in [1.29, 1.82) is 0 Å². The van der Waals surface area contributed by atoms with Gasteiger partial charge in [0.05, 0.1) is 35.1 Å². The second-order valence-corrected chi connectivity index (χ2v) is 5.35. The minimum absolute atomic E-state index is 0.121. The Hall–Kier alpha value is -2.83. The van der Waals surface area contributed by atoms with Crippen LogP contribution < -0.4 is 11.5 Å². The van der Waals surface area contributed by atoms with E-state index in [-0.39, 0.29) is 17.9 Å².